The van der Waals surface area contributed by atoms with Crippen molar-refractivity contribution < 1.29 is 28.6 Å². The molecular weight excluding hydrogens is 418 g/mol. The van der Waals surface area contributed by atoms with E-state index in [1.165, 1.54) is 11.8 Å². The average Bonchev–Trinajstić information content (AvgIpc) is 2.81. The molecule has 3 aromatic rings. The monoisotopic (exact) mass is 437 g/mol. The molecule has 31 heavy (non-hydrogen) atoms. The summed E-state index contributed by atoms with van der Waals surface area (Å²) in [6, 6.07) is 20.8. The number of ether oxygens (including phenoxy) is 3. The van der Waals surface area contributed by atoms with Crippen LogP contribution in [0.5, 0.6) is 11.5 Å². The molecule has 0 aromatic heterocycles. The zero-order chi connectivity index (χ0) is 21.6. The molecule has 3 aromatic carbocycles. The van der Waals surface area contributed by atoms with E-state index in [0.29, 0.717) is 11.5 Å². The van der Waals surface area contributed by atoms with Gasteiger partial charge in [-0.25, -0.2) is 0 Å². The summed E-state index contributed by atoms with van der Waals surface area (Å²) in [7, 11) is 0. The maximum absolute atomic E-state index is 12.2. The number of imide groups is 1. The van der Waals surface area contributed by atoms with Crippen LogP contribution in [0.2, 0.25) is 0 Å². The fourth-order valence-corrected chi connectivity index (χ4v) is 3.73. The van der Waals surface area contributed by atoms with E-state index in [9.17, 15) is 14.4 Å². The lowest BCUT2D eigenvalue weighted by Crippen LogP contribution is -2.47. The molecule has 158 valence electrons. The summed E-state index contributed by atoms with van der Waals surface area (Å²) in [6.45, 7) is -0.564. The lowest BCUT2D eigenvalue weighted by molar-refractivity contribution is -0.148. The number of nitrogens with one attached hydrogen (secondary N) is 1. The molecule has 8 heteroatoms. The first kappa shape index (κ1) is 20.7. The van der Waals surface area contributed by atoms with Crippen LogP contribution in [-0.2, 0) is 19.1 Å². The molecule has 2 amide bonds. The predicted octanol–water partition coefficient (Wildman–Crippen LogP) is 2.96. The number of para-hydroxylation sites is 2. The Bertz CT molecular complexity index is 1130. The number of benzene rings is 3. The van der Waals surface area contributed by atoms with Crippen LogP contribution < -0.4 is 14.8 Å². The summed E-state index contributed by atoms with van der Waals surface area (Å²) in [6.07, 6.45) is -0.960. The van der Waals surface area contributed by atoms with E-state index in [0.717, 1.165) is 15.7 Å². The van der Waals surface area contributed by atoms with E-state index < -0.39 is 30.5 Å². The molecule has 1 heterocycles. The van der Waals surface area contributed by atoms with E-state index >= 15 is 0 Å². The minimum atomic E-state index is -0.960. The topological polar surface area (TPSA) is 90.9 Å². The smallest absolute Gasteiger partial charge is 0.316 e. The normalized spacial score (nSPS) is 14.6. The number of thioether (sulfide) groups is 1. The van der Waals surface area contributed by atoms with Crippen molar-refractivity contribution in [2.75, 3.05) is 19.0 Å². The van der Waals surface area contributed by atoms with Crippen LogP contribution in [0.3, 0.4) is 0 Å². The van der Waals surface area contributed by atoms with Gasteiger partial charge >= 0.3 is 5.97 Å². The van der Waals surface area contributed by atoms with Crippen LogP contribution in [0.25, 0.3) is 10.8 Å². The molecule has 0 radical (unpaired) electrons. The van der Waals surface area contributed by atoms with Crippen molar-refractivity contribution in [2.24, 2.45) is 0 Å². The summed E-state index contributed by atoms with van der Waals surface area (Å²) in [5, 5.41) is 4.36. The van der Waals surface area contributed by atoms with Crippen LogP contribution in [0.15, 0.2) is 71.6 Å². The molecule has 1 aliphatic rings. The largest absolute Gasteiger partial charge is 0.485 e. The number of amides is 2. The molecule has 7 nitrogen and oxygen atoms in total. The van der Waals surface area contributed by atoms with Gasteiger partial charge in [-0.2, -0.15) is 0 Å². The molecule has 1 atom stereocenters. The predicted molar refractivity (Wildman–Crippen MR) is 115 cm³/mol. The van der Waals surface area contributed by atoms with Crippen LogP contribution in [0.4, 0.5) is 0 Å². The van der Waals surface area contributed by atoms with Gasteiger partial charge in [-0.05, 0) is 35.0 Å². The maximum atomic E-state index is 12.2. The maximum Gasteiger partial charge on any atom is 0.316 e. The minimum Gasteiger partial charge on any atom is -0.485 e. The Labute approximate surface area is 182 Å². The number of esters is 1. The van der Waals surface area contributed by atoms with Gasteiger partial charge in [0.05, 0.1) is 5.75 Å². The van der Waals surface area contributed by atoms with Crippen molar-refractivity contribution >= 4 is 40.3 Å². The Morgan fingerprint density at radius 2 is 1.71 bits per heavy atom. The van der Waals surface area contributed by atoms with Crippen molar-refractivity contribution in [1.29, 1.82) is 0 Å². The number of hydrogen-bond acceptors (Lipinski definition) is 7. The van der Waals surface area contributed by atoms with Gasteiger partial charge in [0.15, 0.2) is 18.1 Å². The third kappa shape index (κ3) is 5.35. The zero-order valence-corrected chi connectivity index (χ0v) is 17.2. The highest BCUT2D eigenvalue weighted by Gasteiger charge is 2.28. The fourth-order valence-electron chi connectivity index (χ4n) is 2.99. The fraction of sp³-hybridized carbons (Fsp3) is 0.174. The summed E-state index contributed by atoms with van der Waals surface area (Å²) < 4.78 is 16.0. The number of rotatable bonds is 6. The first-order valence-corrected chi connectivity index (χ1v) is 10.6. The molecule has 1 aliphatic heterocycles. The van der Waals surface area contributed by atoms with Crippen LogP contribution in [0, 0.1) is 0 Å². The van der Waals surface area contributed by atoms with Gasteiger partial charge in [-0.3, -0.25) is 19.7 Å². The van der Waals surface area contributed by atoms with E-state index in [4.69, 9.17) is 14.2 Å². The summed E-state index contributed by atoms with van der Waals surface area (Å²) in [4.78, 5) is 37.0. The molecule has 1 N–H and O–H groups in total. The lowest BCUT2D eigenvalue weighted by atomic mass is 10.1. The highest BCUT2D eigenvalue weighted by atomic mass is 32.2. The second-order valence-electron chi connectivity index (χ2n) is 6.73. The van der Waals surface area contributed by atoms with E-state index in [1.807, 2.05) is 42.5 Å². The molecule has 0 saturated carbocycles. The zero-order valence-electron chi connectivity index (χ0n) is 16.4. The van der Waals surface area contributed by atoms with Crippen molar-refractivity contribution in [3.8, 4) is 11.5 Å². The van der Waals surface area contributed by atoms with Crippen molar-refractivity contribution in [3.05, 3.63) is 66.7 Å². The van der Waals surface area contributed by atoms with Gasteiger partial charge in [-0.1, -0.05) is 42.5 Å². The Morgan fingerprint density at radius 1 is 0.968 bits per heavy atom. The third-order valence-corrected chi connectivity index (χ3v) is 5.47. The molecule has 0 unspecified atom stereocenters. The number of carbonyl (C=O) groups excluding carboxylic acids is 3. The van der Waals surface area contributed by atoms with E-state index in [-0.39, 0.29) is 12.4 Å². The summed E-state index contributed by atoms with van der Waals surface area (Å²) in [5.74, 6) is -0.908. The molecule has 0 bridgehead atoms. The highest BCUT2D eigenvalue weighted by Crippen LogP contribution is 2.30. The Hall–Kier alpha value is -3.52. The van der Waals surface area contributed by atoms with Gasteiger partial charge in [-0.15, -0.1) is 11.8 Å². The lowest BCUT2D eigenvalue weighted by Gasteiger charge is -2.25. The van der Waals surface area contributed by atoms with Gasteiger partial charge in [0.2, 0.25) is 6.10 Å². The first-order valence-electron chi connectivity index (χ1n) is 9.58. The average molecular weight is 437 g/mol. The minimum absolute atomic E-state index is 0.0156. The van der Waals surface area contributed by atoms with Gasteiger partial charge in [0.1, 0.15) is 6.61 Å². The number of hydrogen-bond donors (Lipinski definition) is 1. The number of fused-ring (bicyclic) bond motifs is 2. The Balaban J connectivity index is 1.20. The highest BCUT2D eigenvalue weighted by molar-refractivity contribution is 8.00. The van der Waals surface area contributed by atoms with Crippen molar-refractivity contribution in [2.45, 2.75) is 11.0 Å². The molecule has 0 fully saturated rings. The summed E-state index contributed by atoms with van der Waals surface area (Å²) >= 11 is 1.32. The first-order chi connectivity index (χ1) is 15.1. The quantitative estimate of drug-likeness (QED) is 0.468. The van der Waals surface area contributed by atoms with Gasteiger partial charge in [0, 0.05) is 4.90 Å². The molecule has 0 saturated heterocycles. The Kier molecular flexibility index (Phi) is 6.37. The second kappa shape index (κ2) is 9.53. The standard InChI is InChI=1S/C23H19NO6S/c25-21(24-23(27)20-12-28-18-7-3-4-8-19(18)30-20)13-29-22(26)14-31-17-10-9-15-5-1-2-6-16(15)11-17/h1-11,20H,12-14H2,(H,24,25,27)/t20-/m0/s1. The molecular formula is C23H19NO6S. The van der Waals surface area contributed by atoms with Crippen LogP contribution in [0.1, 0.15) is 0 Å². The van der Waals surface area contributed by atoms with Crippen molar-refractivity contribution in [1.82, 2.24) is 5.32 Å². The summed E-state index contributed by atoms with van der Waals surface area (Å²) in [5.41, 5.74) is 0. The number of carbonyl (C=O) groups is 3. The van der Waals surface area contributed by atoms with Gasteiger partial charge in [0.25, 0.3) is 11.8 Å². The van der Waals surface area contributed by atoms with Crippen LogP contribution in [-0.4, -0.2) is 42.9 Å². The molecule has 0 aliphatic carbocycles. The van der Waals surface area contributed by atoms with Crippen molar-refractivity contribution in [3.63, 3.8) is 0 Å². The van der Waals surface area contributed by atoms with Crippen LogP contribution >= 0.6 is 11.8 Å². The molecule has 4 rings (SSSR count). The molecule has 0 spiro atoms. The SMILES string of the molecule is O=C(COC(=O)CSc1ccc2ccccc2c1)NC(=O)[C@@H]1COc2ccccc2O1. The van der Waals surface area contributed by atoms with E-state index in [2.05, 4.69) is 5.32 Å². The third-order valence-electron chi connectivity index (χ3n) is 4.51. The second-order valence-corrected chi connectivity index (χ2v) is 7.78. The van der Waals surface area contributed by atoms with E-state index in [1.54, 1.807) is 24.3 Å². The van der Waals surface area contributed by atoms with Gasteiger partial charge < -0.3 is 14.2 Å². The Morgan fingerprint density at radius 3 is 2.55 bits per heavy atom.